The molecule has 5 heterocycles. The van der Waals surface area contributed by atoms with Crippen LogP contribution in [0.2, 0.25) is 0 Å². The lowest BCUT2D eigenvalue weighted by molar-refractivity contribution is -0.223. The third kappa shape index (κ3) is 6.99. The highest BCUT2D eigenvalue weighted by molar-refractivity contribution is 5.53. The number of aromatic nitrogens is 6. The monoisotopic (exact) mass is 657 g/mol. The van der Waals surface area contributed by atoms with E-state index < -0.39 is 5.79 Å². The highest BCUT2D eigenvalue weighted by Crippen LogP contribution is 2.38. The Morgan fingerprint density at radius 2 is 1.56 bits per heavy atom. The molecule has 0 saturated carbocycles. The van der Waals surface area contributed by atoms with E-state index >= 15 is 0 Å². The van der Waals surface area contributed by atoms with E-state index in [0.29, 0.717) is 19.8 Å². The van der Waals surface area contributed by atoms with E-state index in [9.17, 15) is 4.79 Å². The Bertz CT molecular complexity index is 1650. The van der Waals surface area contributed by atoms with Crippen molar-refractivity contribution in [3.8, 4) is 11.4 Å². The summed E-state index contributed by atoms with van der Waals surface area (Å²) in [4.78, 5) is 19.4. The van der Waals surface area contributed by atoms with Crippen molar-refractivity contribution in [3.05, 3.63) is 77.7 Å². The molecule has 0 radical (unpaired) electrons. The number of hydrogen-bond acceptors (Lipinski definition) is 10. The van der Waals surface area contributed by atoms with Crippen molar-refractivity contribution in [2.45, 2.75) is 64.0 Å². The maximum absolute atomic E-state index is 12.8. The van der Waals surface area contributed by atoms with Gasteiger partial charge in [0, 0.05) is 43.5 Å². The fourth-order valence-corrected chi connectivity index (χ4v) is 7.05. The fraction of sp³-hybridized carbons (Fsp3) is 0.543. The fourth-order valence-electron chi connectivity index (χ4n) is 7.05. The van der Waals surface area contributed by atoms with Crippen LogP contribution in [0.4, 0.5) is 11.4 Å². The summed E-state index contributed by atoms with van der Waals surface area (Å²) in [6, 6.07) is 16.7. The predicted octanol–water partition coefficient (Wildman–Crippen LogP) is 3.50. The minimum Gasteiger partial charge on any atom is -0.491 e. The summed E-state index contributed by atoms with van der Waals surface area (Å²) in [6.45, 7) is 11.1. The van der Waals surface area contributed by atoms with Crippen LogP contribution in [-0.4, -0.2) is 93.7 Å². The van der Waals surface area contributed by atoms with Gasteiger partial charge in [0.05, 0.1) is 30.7 Å². The molecule has 48 heavy (non-hydrogen) atoms. The predicted molar refractivity (Wildman–Crippen MR) is 183 cm³/mol. The minimum absolute atomic E-state index is 0.0745. The van der Waals surface area contributed by atoms with Crippen molar-refractivity contribution in [1.29, 1.82) is 0 Å². The molecule has 13 nitrogen and oxygen atoms in total. The van der Waals surface area contributed by atoms with Gasteiger partial charge in [0.2, 0.25) is 0 Å². The van der Waals surface area contributed by atoms with Crippen LogP contribution in [0.1, 0.15) is 45.6 Å². The van der Waals surface area contributed by atoms with Crippen LogP contribution in [0, 0.1) is 5.92 Å². The molecule has 3 aliphatic heterocycles. The Morgan fingerprint density at radius 1 is 0.917 bits per heavy atom. The highest BCUT2D eigenvalue weighted by Gasteiger charge is 2.49. The Kier molecular flexibility index (Phi) is 9.78. The molecule has 0 spiro atoms. The molecule has 3 saturated heterocycles. The van der Waals surface area contributed by atoms with Crippen molar-refractivity contribution in [2.24, 2.45) is 5.92 Å². The zero-order chi connectivity index (χ0) is 32.9. The normalized spacial score (nSPS) is 22.9. The maximum atomic E-state index is 12.8. The van der Waals surface area contributed by atoms with Crippen LogP contribution in [0.5, 0.6) is 5.75 Å². The number of piperidine rings is 1. The van der Waals surface area contributed by atoms with E-state index in [0.717, 1.165) is 82.1 Å². The summed E-state index contributed by atoms with van der Waals surface area (Å²) in [5.74, 6) is 0.355. The average Bonchev–Trinajstić information content (AvgIpc) is 3.85. The molecule has 1 N–H and O–H groups in total. The van der Waals surface area contributed by atoms with E-state index in [1.165, 1.54) is 5.69 Å². The summed E-state index contributed by atoms with van der Waals surface area (Å²) >= 11 is 0. The zero-order valence-electron chi connectivity index (χ0n) is 28.0. The van der Waals surface area contributed by atoms with Gasteiger partial charge >= 0.3 is 5.69 Å². The summed E-state index contributed by atoms with van der Waals surface area (Å²) in [7, 11) is 0. The van der Waals surface area contributed by atoms with Gasteiger partial charge in [-0.2, -0.15) is 20.1 Å². The number of rotatable bonds is 11. The number of benzene rings is 2. The van der Waals surface area contributed by atoms with Gasteiger partial charge in [-0.15, -0.1) is 0 Å². The molecule has 256 valence electrons. The second-order valence-corrected chi connectivity index (χ2v) is 13.1. The van der Waals surface area contributed by atoms with E-state index in [1.54, 1.807) is 32.8 Å². The Hall–Kier alpha value is -4.20. The van der Waals surface area contributed by atoms with Gasteiger partial charge in [0.15, 0.2) is 5.79 Å². The quantitative estimate of drug-likeness (QED) is 0.257. The van der Waals surface area contributed by atoms with Crippen molar-refractivity contribution in [2.75, 3.05) is 62.3 Å². The number of ether oxygens (including phenoxy) is 3. The molecule has 3 atom stereocenters. The molecule has 3 unspecified atom stereocenters. The third-order valence-electron chi connectivity index (χ3n) is 10.00. The number of anilines is 2. The lowest BCUT2D eigenvalue weighted by Crippen LogP contribution is -2.48. The standard InChI is InChI=1S/C35H47N9O4/c1-3-27(2)44-34(45)42(26-39-44)31-7-5-29(6-8-31)40-19-4-20-41(22-21-40)30-9-11-32(12-10-30)46-23-33-24-47-35(48-33,25-43-37-17-18-38-43)28-13-15-36-16-14-28/h5-12,17-18,26-28,33,36H,3-4,13-16,19-25H2,1-2H3. The Balaban J connectivity index is 0.919. The van der Waals surface area contributed by atoms with Crippen molar-refractivity contribution in [1.82, 2.24) is 34.7 Å². The summed E-state index contributed by atoms with van der Waals surface area (Å²) in [5, 5.41) is 16.4. The van der Waals surface area contributed by atoms with Crippen molar-refractivity contribution >= 4 is 11.4 Å². The first-order valence-electron chi connectivity index (χ1n) is 17.4. The first-order valence-corrected chi connectivity index (χ1v) is 17.4. The van der Waals surface area contributed by atoms with Crippen LogP contribution in [0.25, 0.3) is 5.69 Å². The molecule has 2 aromatic carbocycles. The van der Waals surface area contributed by atoms with Crippen LogP contribution in [0.3, 0.4) is 0 Å². The van der Waals surface area contributed by atoms with Crippen molar-refractivity contribution < 1.29 is 14.2 Å². The molecule has 7 rings (SSSR count). The molecular weight excluding hydrogens is 610 g/mol. The van der Waals surface area contributed by atoms with Crippen LogP contribution in [-0.2, 0) is 16.0 Å². The van der Waals surface area contributed by atoms with E-state index in [-0.39, 0.29) is 23.8 Å². The smallest absolute Gasteiger partial charge is 0.350 e. The van der Waals surface area contributed by atoms with Crippen molar-refractivity contribution in [3.63, 3.8) is 0 Å². The Labute approximate surface area is 281 Å². The number of nitrogens with one attached hydrogen (secondary N) is 1. The van der Waals surface area contributed by atoms with Crippen LogP contribution < -0.4 is 25.5 Å². The third-order valence-corrected chi connectivity index (χ3v) is 10.00. The van der Waals surface area contributed by atoms with Gasteiger partial charge in [0.1, 0.15) is 31.3 Å². The van der Waals surface area contributed by atoms with Gasteiger partial charge in [-0.05, 0) is 94.2 Å². The second kappa shape index (κ2) is 14.5. The average molecular weight is 658 g/mol. The molecule has 0 aliphatic carbocycles. The molecule has 0 bridgehead atoms. The minimum atomic E-state index is -0.738. The zero-order valence-corrected chi connectivity index (χ0v) is 28.0. The molecule has 2 aromatic heterocycles. The topological polar surface area (TPSA) is 117 Å². The van der Waals surface area contributed by atoms with Gasteiger partial charge in [-0.3, -0.25) is 0 Å². The summed E-state index contributed by atoms with van der Waals surface area (Å²) in [6.07, 6.45) is 8.72. The summed E-state index contributed by atoms with van der Waals surface area (Å²) < 4.78 is 22.4. The second-order valence-electron chi connectivity index (χ2n) is 13.1. The highest BCUT2D eigenvalue weighted by atomic mass is 16.8. The first-order chi connectivity index (χ1) is 23.5. The maximum Gasteiger partial charge on any atom is 0.350 e. The number of hydrogen-bond donors (Lipinski definition) is 1. The van der Waals surface area contributed by atoms with Crippen LogP contribution in [0.15, 0.2) is 72.0 Å². The van der Waals surface area contributed by atoms with E-state index in [4.69, 9.17) is 14.2 Å². The van der Waals surface area contributed by atoms with Gasteiger partial charge in [-0.25, -0.2) is 14.0 Å². The van der Waals surface area contributed by atoms with Crippen LogP contribution >= 0.6 is 0 Å². The molecule has 13 heteroatoms. The van der Waals surface area contributed by atoms with Gasteiger partial charge < -0.3 is 29.3 Å². The molecule has 4 aromatic rings. The largest absolute Gasteiger partial charge is 0.491 e. The molecular formula is C35H47N9O4. The molecule has 3 fully saturated rings. The SMILES string of the molecule is CCC(C)n1ncn(-c2ccc(N3CCCN(c4ccc(OCC5COC(Cn6nccn6)(C6CCNCC6)O5)cc4)CC3)cc2)c1=O. The lowest BCUT2D eigenvalue weighted by atomic mass is 9.89. The lowest BCUT2D eigenvalue weighted by Gasteiger charge is -2.38. The van der Waals surface area contributed by atoms with Gasteiger partial charge in [0.25, 0.3) is 0 Å². The Morgan fingerprint density at radius 3 is 2.23 bits per heavy atom. The van der Waals surface area contributed by atoms with E-state index in [1.807, 2.05) is 31.2 Å². The van der Waals surface area contributed by atoms with E-state index in [2.05, 4.69) is 61.6 Å². The first kappa shape index (κ1) is 32.4. The summed E-state index contributed by atoms with van der Waals surface area (Å²) in [5.41, 5.74) is 3.08. The molecule has 3 aliphatic rings. The molecule has 0 amide bonds. The van der Waals surface area contributed by atoms with Gasteiger partial charge in [-0.1, -0.05) is 6.92 Å². The number of nitrogens with zero attached hydrogens (tertiary/aromatic N) is 8.